The van der Waals surface area contributed by atoms with Gasteiger partial charge in [0.1, 0.15) is 29.8 Å². The second-order valence-corrected chi connectivity index (χ2v) is 7.94. The second-order valence-electron chi connectivity index (χ2n) is 7.94. The molecule has 2 atom stereocenters. The zero-order valence-corrected chi connectivity index (χ0v) is 17.0. The summed E-state index contributed by atoms with van der Waals surface area (Å²) in [5.74, 6) is 0.878. The lowest BCUT2D eigenvalue weighted by atomic mass is 10.1. The first-order valence-electron chi connectivity index (χ1n) is 10.4. The number of hydrogen-bond acceptors (Lipinski definition) is 6. The molecule has 1 N–H and O–H groups in total. The van der Waals surface area contributed by atoms with Gasteiger partial charge in [0, 0.05) is 41.8 Å². The number of phenolic OH excluding ortho intramolecular Hbond substituents is 1. The monoisotopic (exact) mass is 420 g/mol. The number of rotatable bonds is 4. The van der Waals surface area contributed by atoms with Gasteiger partial charge in [-0.1, -0.05) is 30.3 Å². The highest BCUT2D eigenvalue weighted by Crippen LogP contribution is 2.28. The Hall–Kier alpha value is -3.16. The number of aromatic nitrogens is 1. The van der Waals surface area contributed by atoms with Crippen LogP contribution in [0.25, 0.3) is 10.8 Å². The summed E-state index contributed by atoms with van der Waals surface area (Å²) in [6, 6.07) is 14.7. The van der Waals surface area contributed by atoms with Crippen LogP contribution in [0.4, 0.5) is 0 Å². The van der Waals surface area contributed by atoms with E-state index in [2.05, 4.69) is 4.98 Å². The van der Waals surface area contributed by atoms with E-state index in [0.717, 1.165) is 16.5 Å². The number of nitrogens with zero attached hydrogens (tertiary/aromatic N) is 2. The summed E-state index contributed by atoms with van der Waals surface area (Å²) in [6.07, 6.45) is 3.13. The third-order valence-corrected chi connectivity index (χ3v) is 5.83. The first-order chi connectivity index (χ1) is 15.2. The number of amides is 1. The number of likely N-dealkylation sites (tertiary alicyclic amines) is 1. The van der Waals surface area contributed by atoms with Crippen LogP contribution in [0.5, 0.6) is 11.5 Å². The molecule has 0 saturated carbocycles. The van der Waals surface area contributed by atoms with Crippen LogP contribution in [-0.2, 0) is 20.7 Å². The molecule has 7 nitrogen and oxygen atoms in total. The van der Waals surface area contributed by atoms with E-state index in [1.54, 1.807) is 29.3 Å². The Balaban J connectivity index is 1.20. The molecule has 31 heavy (non-hydrogen) atoms. The lowest BCUT2D eigenvalue weighted by Crippen LogP contribution is -2.33. The molecule has 2 fully saturated rings. The van der Waals surface area contributed by atoms with Crippen molar-refractivity contribution in [2.45, 2.75) is 24.7 Å². The van der Waals surface area contributed by atoms with E-state index in [4.69, 9.17) is 14.2 Å². The Morgan fingerprint density at radius 1 is 1.06 bits per heavy atom. The van der Waals surface area contributed by atoms with Crippen LogP contribution in [0.2, 0.25) is 0 Å². The van der Waals surface area contributed by atoms with Gasteiger partial charge in [0.25, 0.3) is 0 Å². The Kier molecular flexibility index (Phi) is 5.44. The Morgan fingerprint density at radius 3 is 2.61 bits per heavy atom. The topological polar surface area (TPSA) is 81.1 Å². The maximum absolute atomic E-state index is 12.7. The van der Waals surface area contributed by atoms with Crippen LogP contribution in [-0.4, -0.2) is 65.5 Å². The van der Waals surface area contributed by atoms with Gasteiger partial charge in [-0.2, -0.15) is 0 Å². The van der Waals surface area contributed by atoms with Crippen LogP contribution in [0, 0.1) is 0 Å². The minimum absolute atomic E-state index is 0.0426. The maximum atomic E-state index is 12.7. The third kappa shape index (κ3) is 4.19. The van der Waals surface area contributed by atoms with E-state index < -0.39 is 0 Å². The van der Waals surface area contributed by atoms with E-state index in [9.17, 15) is 9.90 Å². The molecular formula is C24H24N2O5. The Labute approximate surface area is 180 Å². The van der Waals surface area contributed by atoms with E-state index >= 15 is 0 Å². The highest BCUT2D eigenvalue weighted by molar-refractivity contribution is 5.87. The molecule has 3 aromatic rings. The van der Waals surface area contributed by atoms with Crippen LogP contribution in [0.3, 0.4) is 0 Å². The second kappa shape index (κ2) is 8.53. The normalized spacial score (nSPS) is 21.6. The highest BCUT2D eigenvalue weighted by Gasteiger charge is 2.39. The standard InChI is InChI=1S/C24H24N2O5/c27-20-6-2-1-4-16(20)10-24(28)26-12-22-23(13-26)30-15-18(14-29-22)31-21-7-3-5-17-11-25-9-8-19(17)21/h1-9,11,18,22-23,27H,10,12-15H2/t22-,23-/m0/s1. The molecule has 0 spiro atoms. The number of pyridine rings is 1. The number of carbonyl (C=O) groups excluding carboxylic acids is 1. The summed E-state index contributed by atoms with van der Waals surface area (Å²) in [7, 11) is 0. The van der Waals surface area contributed by atoms with Crippen molar-refractivity contribution in [1.29, 1.82) is 0 Å². The van der Waals surface area contributed by atoms with Gasteiger partial charge >= 0.3 is 0 Å². The van der Waals surface area contributed by atoms with Crippen molar-refractivity contribution in [3.05, 3.63) is 66.5 Å². The van der Waals surface area contributed by atoms with Crippen LogP contribution < -0.4 is 4.74 Å². The molecule has 0 aliphatic carbocycles. The molecule has 160 valence electrons. The molecule has 5 rings (SSSR count). The summed E-state index contributed by atoms with van der Waals surface area (Å²) in [5.41, 5.74) is 0.625. The fourth-order valence-corrected chi connectivity index (χ4v) is 4.16. The van der Waals surface area contributed by atoms with Crippen molar-refractivity contribution < 1.29 is 24.1 Å². The van der Waals surface area contributed by atoms with Gasteiger partial charge < -0.3 is 24.2 Å². The van der Waals surface area contributed by atoms with E-state index in [1.165, 1.54) is 0 Å². The molecule has 0 radical (unpaired) electrons. The maximum Gasteiger partial charge on any atom is 0.227 e. The van der Waals surface area contributed by atoms with Crippen molar-refractivity contribution in [3.63, 3.8) is 0 Å². The number of aromatic hydroxyl groups is 1. The number of carbonyl (C=O) groups is 1. The highest BCUT2D eigenvalue weighted by atomic mass is 16.6. The first-order valence-corrected chi connectivity index (χ1v) is 10.4. The average molecular weight is 420 g/mol. The molecule has 3 heterocycles. The first kappa shape index (κ1) is 19.8. The molecular weight excluding hydrogens is 396 g/mol. The molecule has 2 aromatic carbocycles. The minimum Gasteiger partial charge on any atom is -0.508 e. The van der Waals surface area contributed by atoms with Gasteiger partial charge in [0.05, 0.1) is 19.6 Å². The predicted molar refractivity (Wildman–Crippen MR) is 114 cm³/mol. The molecule has 1 amide bonds. The van der Waals surface area contributed by atoms with Crippen molar-refractivity contribution >= 4 is 16.7 Å². The number of ether oxygens (including phenoxy) is 3. The molecule has 2 saturated heterocycles. The summed E-state index contributed by atoms with van der Waals surface area (Å²) in [4.78, 5) is 18.6. The van der Waals surface area contributed by atoms with Crippen LogP contribution in [0.15, 0.2) is 60.9 Å². The smallest absolute Gasteiger partial charge is 0.227 e. The van der Waals surface area contributed by atoms with Gasteiger partial charge in [-0.3, -0.25) is 9.78 Å². The fraction of sp³-hybridized carbons (Fsp3) is 0.333. The molecule has 7 heteroatoms. The Bertz CT molecular complexity index is 1070. The van der Waals surface area contributed by atoms with Crippen LogP contribution in [0.1, 0.15) is 5.56 Å². The zero-order chi connectivity index (χ0) is 21.2. The quantitative estimate of drug-likeness (QED) is 0.699. The molecule has 0 unspecified atom stereocenters. The summed E-state index contributed by atoms with van der Waals surface area (Å²) >= 11 is 0. The van der Waals surface area contributed by atoms with E-state index in [1.807, 2.05) is 36.5 Å². The zero-order valence-electron chi connectivity index (χ0n) is 17.0. The van der Waals surface area contributed by atoms with Crippen LogP contribution >= 0.6 is 0 Å². The van der Waals surface area contributed by atoms with Gasteiger partial charge in [0.2, 0.25) is 5.91 Å². The summed E-state index contributed by atoms with van der Waals surface area (Å²) in [6.45, 7) is 1.74. The minimum atomic E-state index is -0.227. The SMILES string of the molecule is O=C(Cc1ccccc1O)N1C[C@@H]2OCC(Oc3cccc4cnccc34)CO[C@H]2C1. The lowest BCUT2D eigenvalue weighted by molar-refractivity contribution is -0.130. The molecule has 2 aliphatic heterocycles. The average Bonchev–Trinajstić information content (AvgIpc) is 3.11. The Morgan fingerprint density at radius 2 is 1.84 bits per heavy atom. The van der Waals surface area contributed by atoms with Crippen molar-refractivity contribution in [3.8, 4) is 11.5 Å². The number of benzene rings is 2. The largest absolute Gasteiger partial charge is 0.508 e. The van der Waals surface area contributed by atoms with E-state index in [-0.39, 0.29) is 36.4 Å². The van der Waals surface area contributed by atoms with Crippen molar-refractivity contribution in [1.82, 2.24) is 9.88 Å². The molecule has 1 aromatic heterocycles. The molecule has 2 aliphatic rings. The van der Waals surface area contributed by atoms with Gasteiger partial charge in [-0.25, -0.2) is 0 Å². The van der Waals surface area contributed by atoms with Crippen molar-refractivity contribution in [2.75, 3.05) is 26.3 Å². The lowest BCUT2D eigenvalue weighted by Gasteiger charge is -2.20. The van der Waals surface area contributed by atoms with Crippen molar-refractivity contribution in [2.24, 2.45) is 0 Å². The van der Waals surface area contributed by atoms with Gasteiger partial charge in [-0.05, 0) is 18.2 Å². The van der Waals surface area contributed by atoms with Gasteiger partial charge in [0.15, 0.2) is 0 Å². The van der Waals surface area contributed by atoms with E-state index in [0.29, 0.717) is 31.9 Å². The number of hydrogen-bond donors (Lipinski definition) is 1. The van der Waals surface area contributed by atoms with Gasteiger partial charge in [-0.15, -0.1) is 0 Å². The summed E-state index contributed by atoms with van der Waals surface area (Å²) in [5, 5.41) is 11.9. The fourth-order valence-electron chi connectivity index (χ4n) is 4.16. The number of fused-ring (bicyclic) bond motifs is 2. The third-order valence-electron chi connectivity index (χ3n) is 5.83. The predicted octanol–water partition coefficient (Wildman–Crippen LogP) is 2.56. The summed E-state index contributed by atoms with van der Waals surface area (Å²) < 4.78 is 18.3. The number of phenols is 1. The molecule has 0 bridgehead atoms. The number of para-hydroxylation sites is 1.